The molecule has 1 aromatic heterocycles. The number of hydrogen-bond donors (Lipinski definition) is 4. The van der Waals surface area contributed by atoms with Gasteiger partial charge >= 0.3 is 0 Å². The number of halogens is 3. The molecular formula is C10H12F3N3O4S. The minimum absolute atomic E-state index is 0.430. The number of nitrogen functional groups attached to an aromatic ring is 1. The Balaban J connectivity index is 2.58. The molecular weight excluding hydrogens is 315 g/mol. The summed E-state index contributed by atoms with van der Waals surface area (Å²) >= 11 is 4.76. The number of aliphatic hydroxyl groups is 3. The molecule has 21 heavy (non-hydrogen) atoms. The number of rotatable bonds is 3. The van der Waals surface area contributed by atoms with E-state index in [1.54, 1.807) is 0 Å². The number of nitrogens with two attached hydrogens (primary N) is 1. The van der Waals surface area contributed by atoms with Gasteiger partial charge in [0.1, 0.15) is 13.3 Å². The standard InChI is InChI=1S/C10H12F3N3O4S/c11-2-9(19)6(18)10(13,3-17)20-7(9)16-1-4(12)5(14)15-8(16)21/h1,6-7,17-19H,2-3H2,(H2,14,15,21)/t6?,7-,9-,10-/m1/s1. The van der Waals surface area contributed by atoms with Gasteiger partial charge in [0.15, 0.2) is 29.6 Å². The van der Waals surface area contributed by atoms with Gasteiger partial charge in [-0.05, 0) is 12.2 Å². The van der Waals surface area contributed by atoms with E-state index in [9.17, 15) is 23.4 Å². The second-order valence-corrected chi connectivity index (χ2v) is 4.97. The number of ether oxygens (including phenoxy) is 1. The van der Waals surface area contributed by atoms with E-state index < -0.39 is 53.5 Å². The number of alkyl halides is 2. The molecule has 0 aromatic carbocycles. The quantitative estimate of drug-likeness (QED) is 0.558. The van der Waals surface area contributed by atoms with Crippen LogP contribution in [0.4, 0.5) is 19.0 Å². The highest BCUT2D eigenvalue weighted by Crippen LogP contribution is 2.45. The largest absolute Gasteiger partial charge is 0.390 e. The average molecular weight is 327 g/mol. The highest BCUT2D eigenvalue weighted by atomic mass is 32.1. The maximum absolute atomic E-state index is 14.1. The van der Waals surface area contributed by atoms with E-state index >= 15 is 0 Å². The third kappa shape index (κ3) is 2.30. The van der Waals surface area contributed by atoms with Crippen molar-refractivity contribution >= 4 is 18.0 Å². The van der Waals surface area contributed by atoms with Gasteiger partial charge in [-0.15, -0.1) is 0 Å². The summed E-state index contributed by atoms with van der Waals surface area (Å²) in [5.74, 6) is -4.76. The van der Waals surface area contributed by atoms with E-state index in [0.29, 0.717) is 10.8 Å². The summed E-state index contributed by atoms with van der Waals surface area (Å²) in [4.78, 5) is 3.42. The van der Waals surface area contributed by atoms with Gasteiger partial charge in [-0.1, -0.05) is 0 Å². The fourth-order valence-corrected chi connectivity index (χ4v) is 2.29. The first kappa shape index (κ1) is 16.1. The first-order chi connectivity index (χ1) is 9.69. The summed E-state index contributed by atoms with van der Waals surface area (Å²) in [6, 6.07) is 0. The molecule has 5 N–H and O–H groups in total. The molecule has 1 unspecified atom stereocenters. The summed E-state index contributed by atoms with van der Waals surface area (Å²) in [6.45, 7) is -3.00. The van der Waals surface area contributed by atoms with Gasteiger partial charge in [-0.3, -0.25) is 4.57 Å². The smallest absolute Gasteiger partial charge is 0.263 e. The van der Waals surface area contributed by atoms with Gasteiger partial charge in [0.2, 0.25) is 4.77 Å². The van der Waals surface area contributed by atoms with Crippen molar-refractivity contribution in [1.29, 1.82) is 0 Å². The summed E-state index contributed by atoms with van der Waals surface area (Å²) in [6.07, 6.45) is -3.73. The van der Waals surface area contributed by atoms with Crippen LogP contribution in [0.25, 0.3) is 0 Å². The van der Waals surface area contributed by atoms with Crippen molar-refractivity contribution in [3.8, 4) is 0 Å². The monoisotopic (exact) mass is 327 g/mol. The van der Waals surface area contributed by atoms with E-state index in [1.807, 2.05) is 0 Å². The molecule has 0 radical (unpaired) electrons. The van der Waals surface area contributed by atoms with Crippen molar-refractivity contribution in [2.45, 2.75) is 23.8 Å². The van der Waals surface area contributed by atoms with E-state index in [2.05, 4.69) is 9.72 Å². The molecule has 0 amide bonds. The molecule has 1 aliphatic heterocycles. The molecule has 0 aliphatic carbocycles. The molecule has 7 nitrogen and oxygen atoms in total. The van der Waals surface area contributed by atoms with Crippen LogP contribution in [0, 0.1) is 10.6 Å². The lowest BCUT2D eigenvalue weighted by atomic mass is 9.94. The normalized spacial score (nSPS) is 36.1. The Morgan fingerprint density at radius 1 is 1.57 bits per heavy atom. The summed E-state index contributed by atoms with van der Waals surface area (Å²) in [5.41, 5.74) is 2.40. The Morgan fingerprint density at radius 3 is 2.71 bits per heavy atom. The lowest BCUT2D eigenvalue weighted by molar-refractivity contribution is -0.207. The Hall–Kier alpha value is -1.27. The van der Waals surface area contributed by atoms with Gasteiger partial charge < -0.3 is 25.8 Å². The molecule has 11 heteroatoms. The summed E-state index contributed by atoms with van der Waals surface area (Å²) in [7, 11) is 0. The lowest BCUT2D eigenvalue weighted by Crippen LogP contribution is -2.52. The predicted octanol–water partition coefficient (Wildman–Crippen LogP) is -0.418. The van der Waals surface area contributed by atoms with Crippen LogP contribution in [0.3, 0.4) is 0 Å². The Morgan fingerprint density at radius 2 is 2.19 bits per heavy atom. The van der Waals surface area contributed by atoms with Crippen LogP contribution in [-0.2, 0) is 4.74 Å². The lowest BCUT2D eigenvalue weighted by Gasteiger charge is -2.29. The van der Waals surface area contributed by atoms with Crippen LogP contribution in [0.2, 0.25) is 0 Å². The Bertz CT molecular complexity index is 618. The SMILES string of the molecule is Nc1nc(=S)n([C@@H]2O[C@](F)(CO)C(O)[C@]2(O)CF)cc1F. The minimum atomic E-state index is -3.14. The van der Waals surface area contributed by atoms with Crippen molar-refractivity contribution in [3.05, 3.63) is 16.8 Å². The van der Waals surface area contributed by atoms with E-state index in [4.69, 9.17) is 23.1 Å². The van der Waals surface area contributed by atoms with Crippen LogP contribution >= 0.6 is 12.2 Å². The molecule has 0 spiro atoms. The summed E-state index contributed by atoms with van der Waals surface area (Å²) < 4.78 is 45.6. The zero-order chi connectivity index (χ0) is 16.0. The number of nitrogens with zero attached hydrogens (tertiary/aromatic N) is 2. The predicted molar refractivity (Wildman–Crippen MR) is 65.4 cm³/mol. The number of anilines is 1. The van der Waals surface area contributed by atoms with E-state index in [0.717, 1.165) is 0 Å². The molecule has 1 aromatic rings. The van der Waals surface area contributed by atoms with Gasteiger partial charge in [0.25, 0.3) is 5.85 Å². The van der Waals surface area contributed by atoms with Gasteiger partial charge in [-0.2, -0.15) is 4.98 Å². The maximum atomic E-state index is 14.1. The van der Waals surface area contributed by atoms with Crippen molar-refractivity contribution in [2.75, 3.05) is 19.0 Å². The second-order valence-electron chi connectivity index (χ2n) is 4.61. The van der Waals surface area contributed by atoms with Crippen LogP contribution in [0.5, 0.6) is 0 Å². The van der Waals surface area contributed by atoms with Crippen LogP contribution < -0.4 is 5.73 Å². The van der Waals surface area contributed by atoms with Crippen LogP contribution in [-0.4, -0.2) is 55.7 Å². The van der Waals surface area contributed by atoms with Gasteiger partial charge in [0, 0.05) is 6.20 Å². The fraction of sp³-hybridized carbons (Fsp3) is 0.600. The van der Waals surface area contributed by atoms with Crippen LogP contribution in [0.15, 0.2) is 6.20 Å². The average Bonchev–Trinajstić information content (AvgIpc) is 2.66. The molecule has 1 fully saturated rings. The molecule has 1 aliphatic rings. The fourth-order valence-electron chi connectivity index (χ4n) is 2.05. The van der Waals surface area contributed by atoms with Crippen LogP contribution in [0.1, 0.15) is 6.23 Å². The van der Waals surface area contributed by atoms with Crippen molar-refractivity contribution in [2.24, 2.45) is 0 Å². The van der Waals surface area contributed by atoms with E-state index in [1.165, 1.54) is 0 Å². The minimum Gasteiger partial charge on any atom is -0.390 e. The topological polar surface area (TPSA) is 114 Å². The number of hydrogen-bond acceptors (Lipinski definition) is 7. The number of aromatic nitrogens is 2. The zero-order valence-corrected chi connectivity index (χ0v) is 11.2. The molecule has 4 atom stereocenters. The highest BCUT2D eigenvalue weighted by Gasteiger charge is 2.65. The molecule has 0 saturated carbocycles. The second kappa shape index (κ2) is 5.18. The molecule has 118 valence electrons. The molecule has 1 saturated heterocycles. The molecule has 0 bridgehead atoms. The summed E-state index contributed by atoms with van der Waals surface area (Å²) in [5, 5.41) is 28.7. The Kier molecular flexibility index (Phi) is 3.97. The molecule has 2 rings (SSSR count). The molecule has 2 heterocycles. The zero-order valence-electron chi connectivity index (χ0n) is 10.4. The third-order valence-corrected chi connectivity index (χ3v) is 3.54. The first-order valence-corrected chi connectivity index (χ1v) is 6.08. The highest BCUT2D eigenvalue weighted by molar-refractivity contribution is 7.71. The Labute approximate surface area is 121 Å². The van der Waals surface area contributed by atoms with E-state index in [-0.39, 0.29) is 0 Å². The van der Waals surface area contributed by atoms with Gasteiger partial charge in [-0.25, -0.2) is 13.2 Å². The third-order valence-electron chi connectivity index (χ3n) is 3.23. The first-order valence-electron chi connectivity index (χ1n) is 5.67. The van der Waals surface area contributed by atoms with Gasteiger partial charge in [0.05, 0.1) is 0 Å². The number of aliphatic hydroxyl groups excluding tert-OH is 2. The van der Waals surface area contributed by atoms with Crippen molar-refractivity contribution in [3.63, 3.8) is 0 Å². The van der Waals surface area contributed by atoms with Crippen molar-refractivity contribution in [1.82, 2.24) is 9.55 Å². The maximum Gasteiger partial charge on any atom is 0.263 e. The van der Waals surface area contributed by atoms with Crippen molar-refractivity contribution < 1.29 is 33.2 Å².